The highest BCUT2D eigenvalue weighted by Gasteiger charge is 2.63. The molecule has 2 aliphatic heterocycles. The molecule has 2 heterocycles. The van der Waals surface area contributed by atoms with E-state index in [-0.39, 0.29) is 35.5 Å². The minimum absolute atomic E-state index is 0.0453. The van der Waals surface area contributed by atoms with Gasteiger partial charge in [0.1, 0.15) is 6.04 Å². The number of carbonyl (C=O) groups is 3. The first kappa shape index (κ1) is 21.6. The monoisotopic (exact) mass is 456 g/mol. The van der Waals surface area contributed by atoms with Gasteiger partial charge in [0.25, 0.3) is 0 Å². The molecule has 0 N–H and O–H groups in total. The van der Waals surface area contributed by atoms with E-state index in [2.05, 4.69) is 38.1 Å². The Balaban J connectivity index is 1.44. The van der Waals surface area contributed by atoms with Crippen LogP contribution in [-0.2, 0) is 14.4 Å². The standard InChI is InChI=1S/C29H32N2O3/c1-17(2)16-22(27(32)30-14-8-3-9-15-30)31-28(33)25-23-18-10-4-5-11-19(18)24(26(25)29(31)34)21-13-7-6-12-20(21)23/h4-7,10-13,17,22-26H,3,8-9,14-16H2,1-2H3/t22-,23?,24?,25-,26-/m0/s1. The largest absolute Gasteiger partial charge is 0.341 e. The van der Waals surface area contributed by atoms with Crippen molar-refractivity contribution in [3.63, 3.8) is 0 Å². The smallest absolute Gasteiger partial charge is 0.245 e. The molecule has 0 aromatic heterocycles. The van der Waals surface area contributed by atoms with Gasteiger partial charge in [0.15, 0.2) is 0 Å². The summed E-state index contributed by atoms with van der Waals surface area (Å²) in [7, 11) is 0. The number of rotatable bonds is 4. The van der Waals surface area contributed by atoms with Gasteiger partial charge >= 0.3 is 0 Å². The van der Waals surface area contributed by atoms with Crippen LogP contribution >= 0.6 is 0 Å². The van der Waals surface area contributed by atoms with Crippen LogP contribution in [-0.4, -0.2) is 46.7 Å². The molecule has 34 heavy (non-hydrogen) atoms. The van der Waals surface area contributed by atoms with Gasteiger partial charge in [-0.25, -0.2) is 0 Å². The molecule has 3 amide bonds. The van der Waals surface area contributed by atoms with E-state index in [1.54, 1.807) is 0 Å². The van der Waals surface area contributed by atoms with Crippen molar-refractivity contribution in [1.29, 1.82) is 0 Å². The minimum atomic E-state index is -0.700. The molecule has 2 bridgehead atoms. The van der Waals surface area contributed by atoms with Crippen LogP contribution in [0.15, 0.2) is 48.5 Å². The average Bonchev–Trinajstić information content (AvgIpc) is 3.13. The number of piperidine rings is 1. The first-order chi connectivity index (χ1) is 16.5. The topological polar surface area (TPSA) is 57.7 Å². The summed E-state index contributed by atoms with van der Waals surface area (Å²) in [6, 6.07) is 15.9. The van der Waals surface area contributed by atoms with E-state index in [1.807, 2.05) is 29.2 Å². The Labute approximate surface area is 201 Å². The molecule has 0 radical (unpaired) electrons. The van der Waals surface area contributed by atoms with Gasteiger partial charge in [0, 0.05) is 24.9 Å². The third-order valence-corrected chi connectivity index (χ3v) is 8.44. The van der Waals surface area contributed by atoms with Crippen molar-refractivity contribution in [1.82, 2.24) is 9.80 Å². The van der Waals surface area contributed by atoms with Gasteiger partial charge in [-0.1, -0.05) is 62.4 Å². The summed E-state index contributed by atoms with van der Waals surface area (Å²) in [5.41, 5.74) is 4.66. The zero-order valence-electron chi connectivity index (χ0n) is 19.9. The molecule has 3 atom stereocenters. The van der Waals surface area contributed by atoms with Crippen molar-refractivity contribution in [2.24, 2.45) is 17.8 Å². The van der Waals surface area contributed by atoms with Crippen LogP contribution < -0.4 is 0 Å². The predicted octanol–water partition coefficient (Wildman–Crippen LogP) is 4.31. The van der Waals surface area contributed by atoms with Gasteiger partial charge in [-0.05, 0) is 53.9 Å². The maximum absolute atomic E-state index is 14.1. The van der Waals surface area contributed by atoms with E-state index in [1.165, 1.54) is 27.2 Å². The van der Waals surface area contributed by atoms with Crippen molar-refractivity contribution in [2.75, 3.05) is 13.1 Å². The molecule has 2 fully saturated rings. The number of hydrogen-bond acceptors (Lipinski definition) is 3. The molecule has 5 nitrogen and oxygen atoms in total. The Morgan fingerprint density at radius 1 is 0.794 bits per heavy atom. The van der Waals surface area contributed by atoms with Crippen molar-refractivity contribution in [2.45, 2.75) is 57.4 Å². The number of nitrogens with zero attached hydrogens (tertiary/aromatic N) is 2. The molecule has 2 saturated heterocycles. The van der Waals surface area contributed by atoms with Crippen LogP contribution in [0.5, 0.6) is 0 Å². The number of carbonyl (C=O) groups excluding carboxylic acids is 3. The number of benzene rings is 2. The van der Waals surface area contributed by atoms with Gasteiger partial charge in [0.05, 0.1) is 11.8 Å². The second-order valence-electron chi connectivity index (χ2n) is 10.8. The first-order valence-corrected chi connectivity index (χ1v) is 12.8. The molecule has 5 aliphatic rings. The molecule has 0 unspecified atom stereocenters. The summed E-state index contributed by atoms with van der Waals surface area (Å²) in [5.74, 6) is -1.25. The van der Waals surface area contributed by atoms with Gasteiger partial charge in [-0.15, -0.1) is 0 Å². The van der Waals surface area contributed by atoms with E-state index in [0.717, 1.165) is 32.4 Å². The molecule has 176 valence electrons. The zero-order chi connectivity index (χ0) is 23.6. The van der Waals surface area contributed by atoms with E-state index in [0.29, 0.717) is 6.42 Å². The van der Waals surface area contributed by atoms with Gasteiger partial charge in [-0.3, -0.25) is 19.3 Å². The van der Waals surface area contributed by atoms with Crippen LogP contribution in [0.1, 0.15) is 73.6 Å². The average molecular weight is 457 g/mol. The van der Waals surface area contributed by atoms with Crippen LogP contribution in [0.4, 0.5) is 0 Å². The summed E-state index contributed by atoms with van der Waals surface area (Å²) in [4.78, 5) is 45.2. The van der Waals surface area contributed by atoms with Crippen molar-refractivity contribution in [3.05, 3.63) is 70.8 Å². The zero-order valence-corrected chi connectivity index (χ0v) is 19.9. The third-order valence-electron chi connectivity index (χ3n) is 8.44. The summed E-state index contributed by atoms with van der Waals surface area (Å²) in [5, 5.41) is 0. The summed E-state index contributed by atoms with van der Waals surface area (Å²) < 4.78 is 0. The second kappa shape index (κ2) is 8.07. The SMILES string of the molecule is CC(C)C[C@@H](C(=O)N1CCCCC1)N1C(=O)[C@H]2C3c4ccccc4C(c4ccccc43)[C@@H]2C1=O. The lowest BCUT2D eigenvalue weighted by atomic mass is 9.55. The van der Waals surface area contributed by atoms with Crippen LogP contribution in [0.2, 0.25) is 0 Å². The van der Waals surface area contributed by atoms with E-state index in [4.69, 9.17) is 0 Å². The first-order valence-electron chi connectivity index (χ1n) is 12.8. The summed E-state index contributed by atoms with van der Waals surface area (Å²) in [6.45, 7) is 5.56. The molecule has 2 aromatic rings. The number of imide groups is 1. The molecule has 3 aliphatic carbocycles. The van der Waals surface area contributed by atoms with Crippen molar-refractivity contribution in [3.8, 4) is 0 Å². The number of amides is 3. The van der Waals surface area contributed by atoms with Gasteiger partial charge in [-0.2, -0.15) is 0 Å². The second-order valence-corrected chi connectivity index (χ2v) is 10.8. The van der Waals surface area contributed by atoms with Crippen LogP contribution in [0, 0.1) is 17.8 Å². The highest BCUT2D eigenvalue weighted by atomic mass is 16.2. The molecule has 7 rings (SSSR count). The lowest BCUT2D eigenvalue weighted by Gasteiger charge is -2.45. The van der Waals surface area contributed by atoms with E-state index in [9.17, 15) is 14.4 Å². The quantitative estimate of drug-likeness (QED) is 0.645. The van der Waals surface area contributed by atoms with Gasteiger partial charge in [0.2, 0.25) is 17.7 Å². The maximum atomic E-state index is 14.1. The highest BCUT2D eigenvalue weighted by Crippen LogP contribution is 2.61. The Morgan fingerprint density at radius 2 is 1.24 bits per heavy atom. The minimum Gasteiger partial charge on any atom is -0.341 e. The predicted molar refractivity (Wildman–Crippen MR) is 129 cm³/mol. The highest BCUT2D eigenvalue weighted by molar-refractivity contribution is 6.10. The molecular formula is C29H32N2O3. The van der Waals surface area contributed by atoms with Crippen LogP contribution in [0.3, 0.4) is 0 Å². The van der Waals surface area contributed by atoms with Crippen LogP contribution in [0.25, 0.3) is 0 Å². The Kier molecular flexibility index (Phi) is 5.12. The maximum Gasteiger partial charge on any atom is 0.245 e. The van der Waals surface area contributed by atoms with E-state index >= 15 is 0 Å². The molecule has 2 aromatic carbocycles. The fraction of sp³-hybridized carbons (Fsp3) is 0.483. The molecule has 5 heteroatoms. The molecule has 0 spiro atoms. The number of likely N-dealkylation sites (tertiary alicyclic amines) is 2. The summed E-state index contributed by atoms with van der Waals surface area (Å²) in [6.07, 6.45) is 3.62. The van der Waals surface area contributed by atoms with Crippen molar-refractivity contribution < 1.29 is 14.4 Å². The molecule has 0 saturated carbocycles. The Morgan fingerprint density at radius 3 is 1.65 bits per heavy atom. The lowest BCUT2D eigenvalue weighted by molar-refractivity contribution is -0.152. The lowest BCUT2D eigenvalue weighted by Crippen LogP contribution is -2.53. The van der Waals surface area contributed by atoms with Crippen molar-refractivity contribution >= 4 is 17.7 Å². The Hall–Kier alpha value is -2.95. The normalized spacial score (nSPS) is 28.1. The Bertz CT molecular complexity index is 1050. The fourth-order valence-electron chi connectivity index (χ4n) is 7.10. The fourth-order valence-corrected chi connectivity index (χ4v) is 7.10. The third kappa shape index (κ3) is 3.02. The number of hydrogen-bond donors (Lipinski definition) is 0. The van der Waals surface area contributed by atoms with E-state index < -0.39 is 17.9 Å². The molecular weight excluding hydrogens is 424 g/mol. The summed E-state index contributed by atoms with van der Waals surface area (Å²) >= 11 is 0. The van der Waals surface area contributed by atoms with Gasteiger partial charge < -0.3 is 4.90 Å².